The molecule has 17 heavy (non-hydrogen) atoms. The Bertz CT molecular complexity index is 453. The van der Waals surface area contributed by atoms with Crippen molar-refractivity contribution >= 4 is 27.6 Å². The molecule has 0 bridgehead atoms. The molecule has 1 aliphatic rings. The van der Waals surface area contributed by atoms with Crippen molar-refractivity contribution in [3.05, 3.63) is 28.2 Å². The molecule has 1 aromatic carbocycles. The first-order chi connectivity index (χ1) is 7.92. The highest BCUT2D eigenvalue weighted by Crippen LogP contribution is 2.41. The number of rotatable bonds is 4. The molecule has 0 aliphatic heterocycles. The number of carboxylic acid groups (broad SMARTS) is 1. The number of benzene rings is 1. The normalized spacial score (nSPS) is 15.7. The monoisotopic (exact) mass is 297 g/mol. The standard InChI is InChI=1S/C13H16BrNO2/c1-13(2,8-6-7-8)15-10-5-3-4-9(14)11(10)12(16)17/h3-5,8,15H,6-7H2,1-2H3,(H,16,17). The van der Waals surface area contributed by atoms with Crippen molar-refractivity contribution < 1.29 is 9.90 Å². The van der Waals surface area contributed by atoms with E-state index in [9.17, 15) is 9.90 Å². The molecule has 1 saturated carbocycles. The Morgan fingerprint density at radius 1 is 1.47 bits per heavy atom. The third-order valence-electron chi connectivity index (χ3n) is 3.28. The van der Waals surface area contributed by atoms with Crippen LogP contribution in [0.2, 0.25) is 0 Å². The molecule has 4 heteroatoms. The first-order valence-electron chi connectivity index (χ1n) is 5.72. The van der Waals surface area contributed by atoms with Crippen LogP contribution in [0.15, 0.2) is 22.7 Å². The highest BCUT2D eigenvalue weighted by molar-refractivity contribution is 9.10. The molecule has 1 aliphatic carbocycles. The molecule has 0 aromatic heterocycles. The number of halogens is 1. The van der Waals surface area contributed by atoms with Crippen molar-refractivity contribution in [3.8, 4) is 0 Å². The van der Waals surface area contributed by atoms with E-state index in [0.717, 1.165) is 0 Å². The minimum atomic E-state index is -0.911. The lowest BCUT2D eigenvalue weighted by atomic mass is 9.97. The molecule has 2 N–H and O–H groups in total. The van der Waals surface area contributed by atoms with Gasteiger partial charge in [0.25, 0.3) is 0 Å². The second-order valence-corrected chi connectivity index (χ2v) is 5.94. The summed E-state index contributed by atoms with van der Waals surface area (Å²) in [6.07, 6.45) is 2.44. The molecular weight excluding hydrogens is 282 g/mol. The number of carbonyl (C=O) groups is 1. The maximum atomic E-state index is 11.2. The SMILES string of the molecule is CC(C)(Nc1cccc(Br)c1C(=O)O)C1CC1. The van der Waals surface area contributed by atoms with Gasteiger partial charge in [-0.05, 0) is 60.7 Å². The fraction of sp³-hybridized carbons (Fsp3) is 0.462. The summed E-state index contributed by atoms with van der Waals surface area (Å²) < 4.78 is 0.613. The molecule has 0 spiro atoms. The summed E-state index contributed by atoms with van der Waals surface area (Å²) in [7, 11) is 0. The number of anilines is 1. The van der Waals surface area contributed by atoms with Crippen LogP contribution in [0.3, 0.4) is 0 Å². The Kier molecular flexibility index (Phi) is 3.17. The van der Waals surface area contributed by atoms with Crippen LogP contribution in [0, 0.1) is 5.92 Å². The van der Waals surface area contributed by atoms with E-state index in [0.29, 0.717) is 21.6 Å². The number of hydrogen-bond donors (Lipinski definition) is 2. The third kappa shape index (κ3) is 2.63. The number of carboxylic acids is 1. The van der Waals surface area contributed by atoms with Gasteiger partial charge in [0.2, 0.25) is 0 Å². The maximum Gasteiger partial charge on any atom is 0.338 e. The summed E-state index contributed by atoms with van der Waals surface area (Å²) in [4.78, 5) is 11.2. The maximum absolute atomic E-state index is 11.2. The summed E-state index contributed by atoms with van der Waals surface area (Å²) in [5.74, 6) is -0.269. The lowest BCUT2D eigenvalue weighted by Gasteiger charge is -2.28. The predicted octanol–water partition coefficient (Wildman–Crippen LogP) is 3.75. The number of aromatic carboxylic acids is 1. The van der Waals surface area contributed by atoms with Crippen molar-refractivity contribution in [2.24, 2.45) is 5.92 Å². The summed E-state index contributed by atoms with van der Waals surface area (Å²) >= 11 is 3.29. The van der Waals surface area contributed by atoms with Crippen LogP contribution in [0.25, 0.3) is 0 Å². The first-order valence-corrected chi connectivity index (χ1v) is 6.51. The zero-order valence-corrected chi connectivity index (χ0v) is 11.5. The van der Waals surface area contributed by atoms with Crippen LogP contribution in [0.4, 0.5) is 5.69 Å². The van der Waals surface area contributed by atoms with Gasteiger partial charge in [0.05, 0.1) is 11.3 Å². The minimum absolute atomic E-state index is 0.0506. The highest BCUT2D eigenvalue weighted by atomic mass is 79.9. The van der Waals surface area contributed by atoms with E-state index >= 15 is 0 Å². The van der Waals surface area contributed by atoms with E-state index in [1.54, 1.807) is 6.07 Å². The van der Waals surface area contributed by atoms with E-state index in [2.05, 4.69) is 35.1 Å². The van der Waals surface area contributed by atoms with E-state index < -0.39 is 5.97 Å². The zero-order chi connectivity index (χ0) is 12.6. The smallest absolute Gasteiger partial charge is 0.338 e. The van der Waals surface area contributed by atoms with Gasteiger partial charge in [-0.2, -0.15) is 0 Å². The van der Waals surface area contributed by atoms with Crippen LogP contribution >= 0.6 is 15.9 Å². The second kappa shape index (κ2) is 4.33. The summed E-state index contributed by atoms with van der Waals surface area (Å²) in [5, 5.41) is 12.6. The Labute approximate surface area is 109 Å². The van der Waals surface area contributed by atoms with Gasteiger partial charge in [0, 0.05) is 10.0 Å². The van der Waals surface area contributed by atoms with Gasteiger partial charge < -0.3 is 10.4 Å². The molecule has 1 aromatic rings. The molecule has 0 unspecified atom stereocenters. The van der Waals surface area contributed by atoms with Gasteiger partial charge in [0.15, 0.2) is 0 Å². The summed E-state index contributed by atoms with van der Waals surface area (Å²) in [6.45, 7) is 4.24. The average molecular weight is 298 g/mol. The Morgan fingerprint density at radius 2 is 2.12 bits per heavy atom. The molecule has 2 rings (SSSR count). The topological polar surface area (TPSA) is 49.3 Å². The molecule has 0 heterocycles. The lowest BCUT2D eigenvalue weighted by molar-refractivity contribution is 0.0697. The van der Waals surface area contributed by atoms with Crippen molar-refractivity contribution in [2.75, 3.05) is 5.32 Å². The van der Waals surface area contributed by atoms with Crippen LogP contribution in [0.5, 0.6) is 0 Å². The Hall–Kier alpha value is -1.03. The van der Waals surface area contributed by atoms with Crippen LogP contribution in [-0.2, 0) is 0 Å². The van der Waals surface area contributed by atoms with Gasteiger partial charge in [0.1, 0.15) is 0 Å². The fourth-order valence-corrected chi connectivity index (χ4v) is 2.64. The largest absolute Gasteiger partial charge is 0.478 e. The zero-order valence-electron chi connectivity index (χ0n) is 9.96. The first kappa shape index (κ1) is 12.4. The van der Waals surface area contributed by atoms with Crippen LogP contribution in [0.1, 0.15) is 37.0 Å². The van der Waals surface area contributed by atoms with E-state index in [1.807, 2.05) is 12.1 Å². The quantitative estimate of drug-likeness (QED) is 0.890. The Morgan fingerprint density at radius 3 is 2.65 bits per heavy atom. The highest BCUT2D eigenvalue weighted by Gasteiger charge is 2.38. The van der Waals surface area contributed by atoms with E-state index in [4.69, 9.17) is 0 Å². The van der Waals surface area contributed by atoms with Crippen molar-refractivity contribution in [1.29, 1.82) is 0 Å². The molecule has 0 radical (unpaired) electrons. The molecule has 0 saturated heterocycles. The van der Waals surface area contributed by atoms with Gasteiger partial charge >= 0.3 is 5.97 Å². The van der Waals surface area contributed by atoms with Crippen molar-refractivity contribution in [2.45, 2.75) is 32.2 Å². The summed E-state index contributed by atoms with van der Waals surface area (Å²) in [6, 6.07) is 5.42. The minimum Gasteiger partial charge on any atom is -0.478 e. The molecule has 1 fully saturated rings. The van der Waals surface area contributed by atoms with Crippen molar-refractivity contribution in [1.82, 2.24) is 0 Å². The average Bonchev–Trinajstić information content (AvgIpc) is 2.98. The predicted molar refractivity (Wildman–Crippen MR) is 71.5 cm³/mol. The van der Waals surface area contributed by atoms with E-state index in [-0.39, 0.29) is 5.54 Å². The fourth-order valence-electron chi connectivity index (χ4n) is 2.10. The lowest BCUT2D eigenvalue weighted by Crippen LogP contribution is -2.34. The summed E-state index contributed by atoms with van der Waals surface area (Å²) in [5.41, 5.74) is 0.940. The Balaban J connectivity index is 2.32. The second-order valence-electron chi connectivity index (χ2n) is 5.09. The van der Waals surface area contributed by atoms with Gasteiger partial charge in [-0.15, -0.1) is 0 Å². The van der Waals surface area contributed by atoms with Gasteiger partial charge in [-0.25, -0.2) is 4.79 Å². The molecular formula is C13H16BrNO2. The molecule has 0 amide bonds. The van der Waals surface area contributed by atoms with Gasteiger partial charge in [-0.1, -0.05) is 6.07 Å². The van der Waals surface area contributed by atoms with E-state index in [1.165, 1.54) is 12.8 Å². The van der Waals surface area contributed by atoms with Gasteiger partial charge in [-0.3, -0.25) is 0 Å². The number of nitrogens with one attached hydrogen (secondary N) is 1. The third-order valence-corrected chi connectivity index (χ3v) is 3.94. The van der Waals surface area contributed by atoms with Crippen molar-refractivity contribution in [3.63, 3.8) is 0 Å². The van der Waals surface area contributed by atoms with Crippen LogP contribution in [-0.4, -0.2) is 16.6 Å². The molecule has 3 nitrogen and oxygen atoms in total. The number of hydrogen-bond acceptors (Lipinski definition) is 2. The molecule has 0 atom stereocenters. The van der Waals surface area contributed by atoms with Crippen LogP contribution < -0.4 is 5.32 Å². The molecule has 92 valence electrons.